The summed E-state index contributed by atoms with van der Waals surface area (Å²) in [6.45, 7) is 2.98. The molecule has 0 spiro atoms. The Morgan fingerprint density at radius 2 is 1.83 bits per heavy atom. The van der Waals surface area contributed by atoms with Gasteiger partial charge in [0.2, 0.25) is 15.9 Å². The third-order valence-electron chi connectivity index (χ3n) is 5.85. The van der Waals surface area contributed by atoms with E-state index in [9.17, 15) is 13.2 Å². The molecular weight excluding hydrogens is 408 g/mol. The van der Waals surface area contributed by atoms with Gasteiger partial charge in [0.05, 0.1) is 4.90 Å². The lowest BCUT2D eigenvalue weighted by atomic mass is 10.1. The van der Waals surface area contributed by atoms with E-state index in [0.29, 0.717) is 23.8 Å². The number of amides is 1. The van der Waals surface area contributed by atoms with Crippen LogP contribution in [-0.4, -0.2) is 31.7 Å². The Morgan fingerprint density at radius 3 is 2.55 bits per heavy atom. The summed E-state index contributed by atoms with van der Waals surface area (Å²) < 4.78 is 27.5. The second-order valence-electron chi connectivity index (χ2n) is 7.90. The van der Waals surface area contributed by atoms with E-state index in [4.69, 9.17) is 11.6 Å². The first-order chi connectivity index (χ1) is 13.9. The average molecular weight is 433 g/mol. The number of nitrogens with one attached hydrogen (secondary N) is 1. The van der Waals surface area contributed by atoms with Crippen molar-refractivity contribution in [2.45, 2.75) is 43.4 Å². The molecule has 1 aliphatic heterocycles. The summed E-state index contributed by atoms with van der Waals surface area (Å²) in [6.07, 6.45) is 3.59. The smallest absolute Gasteiger partial charge is 0.243 e. The van der Waals surface area contributed by atoms with Gasteiger partial charge >= 0.3 is 0 Å². The maximum Gasteiger partial charge on any atom is 0.243 e. The van der Waals surface area contributed by atoms with E-state index < -0.39 is 10.0 Å². The topological polar surface area (TPSA) is 66.5 Å². The van der Waals surface area contributed by atoms with Crippen molar-refractivity contribution < 1.29 is 13.2 Å². The van der Waals surface area contributed by atoms with Gasteiger partial charge in [-0.05, 0) is 61.4 Å². The van der Waals surface area contributed by atoms with Gasteiger partial charge in [0, 0.05) is 29.7 Å². The van der Waals surface area contributed by atoms with E-state index in [0.717, 1.165) is 36.8 Å². The molecule has 2 unspecified atom stereocenters. The van der Waals surface area contributed by atoms with E-state index in [-0.39, 0.29) is 22.6 Å². The predicted octanol–water partition coefficient (Wildman–Crippen LogP) is 4.57. The Bertz CT molecular complexity index is 1030. The number of anilines is 1. The number of aryl methyl sites for hydroxylation is 1. The molecule has 2 aromatic carbocycles. The Labute approximate surface area is 177 Å². The van der Waals surface area contributed by atoms with Gasteiger partial charge in [-0.25, -0.2) is 8.42 Å². The Hall–Kier alpha value is -1.89. The quantitative estimate of drug-likeness (QED) is 0.752. The zero-order chi connectivity index (χ0) is 20.6. The van der Waals surface area contributed by atoms with Crippen LogP contribution in [0.25, 0.3) is 0 Å². The van der Waals surface area contributed by atoms with Crippen LogP contribution >= 0.6 is 11.6 Å². The summed E-state index contributed by atoms with van der Waals surface area (Å²) in [6, 6.07) is 12.6. The summed E-state index contributed by atoms with van der Waals surface area (Å²) in [5, 5.41) is 3.62. The zero-order valence-corrected chi connectivity index (χ0v) is 18.0. The largest absolute Gasteiger partial charge is 0.326 e. The molecule has 5 nitrogen and oxygen atoms in total. The highest BCUT2D eigenvalue weighted by Gasteiger charge is 2.45. The summed E-state index contributed by atoms with van der Waals surface area (Å²) in [7, 11) is -3.54. The number of hydrogen-bond donors (Lipinski definition) is 1. The minimum Gasteiger partial charge on any atom is -0.326 e. The Morgan fingerprint density at radius 1 is 1.10 bits per heavy atom. The molecular formula is C22H25ClN2O3S. The minimum absolute atomic E-state index is 0.0921. The van der Waals surface area contributed by atoms with Crippen molar-refractivity contribution in [3.8, 4) is 0 Å². The lowest BCUT2D eigenvalue weighted by molar-refractivity contribution is -0.117. The van der Waals surface area contributed by atoms with Gasteiger partial charge < -0.3 is 5.32 Å². The molecule has 1 heterocycles. The number of piperidine rings is 1. The van der Waals surface area contributed by atoms with Crippen LogP contribution < -0.4 is 5.32 Å². The first-order valence-electron chi connectivity index (χ1n) is 10.0. The van der Waals surface area contributed by atoms with Gasteiger partial charge in [0.15, 0.2) is 0 Å². The monoisotopic (exact) mass is 432 g/mol. The number of halogens is 1. The summed E-state index contributed by atoms with van der Waals surface area (Å²) in [5.74, 6) is -0.119. The summed E-state index contributed by atoms with van der Waals surface area (Å²) in [4.78, 5) is 13.0. The lowest BCUT2D eigenvalue weighted by Gasteiger charge is -2.26. The normalized spacial score (nSPS) is 22.3. The molecule has 2 atom stereocenters. The maximum atomic E-state index is 13.0. The fourth-order valence-electron chi connectivity index (χ4n) is 3.98. The van der Waals surface area contributed by atoms with Crippen molar-refractivity contribution in [1.29, 1.82) is 0 Å². The molecule has 1 N–H and O–H groups in total. The Balaban J connectivity index is 1.50. The lowest BCUT2D eigenvalue weighted by Crippen LogP contribution is -2.35. The molecule has 2 aliphatic rings. The Kier molecular flexibility index (Phi) is 5.69. The van der Waals surface area contributed by atoms with E-state index in [1.165, 1.54) is 0 Å². The van der Waals surface area contributed by atoms with Crippen LogP contribution in [-0.2, 0) is 14.8 Å². The van der Waals surface area contributed by atoms with E-state index in [1.807, 2.05) is 31.2 Å². The molecule has 1 saturated heterocycles. The van der Waals surface area contributed by atoms with Crippen LogP contribution in [0.2, 0.25) is 5.02 Å². The van der Waals surface area contributed by atoms with Crippen molar-refractivity contribution >= 4 is 33.2 Å². The van der Waals surface area contributed by atoms with E-state index in [2.05, 4.69) is 5.32 Å². The van der Waals surface area contributed by atoms with Gasteiger partial charge in [-0.15, -0.1) is 0 Å². The van der Waals surface area contributed by atoms with Crippen LogP contribution in [0.3, 0.4) is 0 Å². The van der Waals surface area contributed by atoms with Crippen LogP contribution in [0, 0.1) is 12.8 Å². The van der Waals surface area contributed by atoms with Gasteiger partial charge in [0.25, 0.3) is 0 Å². The summed E-state index contributed by atoms with van der Waals surface area (Å²) in [5.41, 5.74) is 2.39. The minimum atomic E-state index is -3.54. The van der Waals surface area contributed by atoms with E-state index in [1.54, 1.807) is 22.5 Å². The van der Waals surface area contributed by atoms with Gasteiger partial charge in [-0.2, -0.15) is 4.31 Å². The highest BCUT2D eigenvalue weighted by atomic mass is 35.5. The molecule has 1 saturated carbocycles. The highest BCUT2D eigenvalue weighted by Crippen LogP contribution is 2.50. The van der Waals surface area contributed by atoms with Gasteiger partial charge in [-0.3, -0.25) is 4.79 Å². The molecule has 1 aliphatic carbocycles. The van der Waals surface area contributed by atoms with Gasteiger partial charge in [0.1, 0.15) is 0 Å². The van der Waals surface area contributed by atoms with Crippen molar-refractivity contribution in [2.24, 2.45) is 5.92 Å². The SMILES string of the molecule is Cc1ccc(S(=O)(=O)N2CCCCC2)cc1NC(=O)C1CC1c1ccccc1Cl. The number of carbonyl (C=O) groups excluding carboxylic acids is 1. The van der Waals surface area contributed by atoms with Crippen molar-refractivity contribution in [2.75, 3.05) is 18.4 Å². The number of nitrogens with zero attached hydrogens (tertiary/aromatic N) is 1. The second-order valence-corrected chi connectivity index (χ2v) is 10.2. The van der Waals surface area contributed by atoms with Gasteiger partial charge in [-0.1, -0.05) is 42.3 Å². The molecule has 4 rings (SSSR count). The molecule has 1 amide bonds. The van der Waals surface area contributed by atoms with Crippen LogP contribution in [0.4, 0.5) is 5.69 Å². The van der Waals surface area contributed by atoms with Crippen LogP contribution in [0.1, 0.15) is 42.7 Å². The maximum absolute atomic E-state index is 13.0. The molecule has 29 heavy (non-hydrogen) atoms. The van der Waals surface area contributed by atoms with Crippen molar-refractivity contribution in [3.63, 3.8) is 0 Å². The number of sulfonamides is 1. The molecule has 0 aromatic heterocycles. The molecule has 2 fully saturated rings. The number of carbonyl (C=O) groups is 1. The first kappa shape index (κ1) is 20.4. The van der Waals surface area contributed by atoms with Crippen LogP contribution in [0.5, 0.6) is 0 Å². The molecule has 7 heteroatoms. The van der Waals surface area contributed by atoms with Crippen molar-refractivity contribution in [3.05, 3.63) is 58.6 Å². The van der Waals surface area contributed by atoms with E-state index >= 15 is 0 Å². The summed E-state index contributed by atoms with van der Waals surface area (Å²) >= 11 is 6.26. The first-order valence-corrected chi connectivity index (χ1v) is 11.9. The fraction of sp³-hybridized carbons (Fsp3) is 0.409. The fourth-order valence-corrected chi connectivity index (χ4v) is 5.80. The number of benzene rings is 2. The number of hydrogen-bond acceptors (Lipinski definition) is 3. The highest BCUT2D eigenvalue weighted by molar-refractivity contribution is 7.89. The van der Waals surface area contributed by atoms with Crippen molar-refractivity contribution in [1.82, 2.24) is 4.31 Å². The molecule has 154 valence electrons. The number of rotatable bonds is 5. The zero-order valence-electron chi connectivity index (χ0n) is 16.4. The molecule has 0 radical (unpaired) electrons. The average Bonchev–Trinajstić information content (AvgIpc) is 3.51. The second kappa shape index (κ2) is 8.09. The van der Waals surface area contributed by atoms with Crippen LogP contribution in [0.15, 0.2) is 47.4 Å². The molecule has 2 aromatic rings. The standard InChI is InChI=1S/C22H25ClN2O3S/c1-15-9-10-16(29(27,28)25-11-5-2-6-12-25)13-21(15)24-22(26)19-14-18(19)17-7-3-4-8-20(17)23/h3-4,7-10,13,18-19H,2,5-6,11-12,14H2,1H3,(H,24,26). The predicted molar refractivity (Wildman–Crippen MR) is 115 cm³/mol. The third-order valence-corrected chi connectivity index (χ3v) is 8.09. The third kappa shape index (κ3) is 4.20. The molecule has 0 bridgehead atoms.